The zero-order chi connectivity index (χ0) is 16.6. The summed E-state index contributed by atoms with van der Waals surface area (Å²) in [6.45, 7) is 2.53. The highest BCUT2D eigenvalue weighted by Gasteiger charge is 2.44. The van der Waals surface area contributed by atoms with E-state index >= 15 is 0 Å². The van der Waals surface area contributed by atoms with Crippen LogP contribution in [0.3, 0.4) is 0 Å². The topological polar surface area (TPSA) is 63.4 Å². The van der Waals surface area contributed by atoms with Gasteiger partial charge in [0.05, 0.1) is 24.2 Å². The van der Waals surface area contributed by atoms with Crippen LogP contribution >= 0.6 is 0 Å². The van der Waals surface area contributed by atoms with Crippen LogP contribution in [-0.4, -0.2) is 42.9 Å². The van der Waals surface area contributed by atoms with Crippen molar-refractivity contribution in [3.8, 4) is 11.5 Å². The lowest BCUT2D eigenvalue weighted by atomic mass is 9.79. The van der Waals surface area contributed by atoms with Crippen LogP contribution in [0.2, 0.25) is 0 Å². The molecule has 2 aliphatic rings. The second kappa shape index (κ2) is 6.01. The molecular formula is C18H22N2O3S. The molecule has 4 rings (SSSR count). The number of aromatic nitrogens is 1. The number of rotatable bonds is 3. The maximum atomic E-state index is 11.9. The van der Waals surface area contributed by atoms with Gasteiger partial charge in [0.25, 0.3) is 0 Å². The fourth-order valence-corrected chi connectivity index (χ4v) is 6.27. The van der Waals surface area contributed by atoms with E-state index in [9.17, 15) is 8.42 Å². The van der Waals surface area contributed by atoms with Crippen LogP contribution in [-0.2, 0) is 16.4 Å². The molecule has 2 aromatic rings. The second-order valence-corrected chi connectivity index (χ2v) is 9.34. The van der Waals surface area contributed by atoms with E-state index in [-0.39, 0.29) is 5.41 Å². The molecule has 2 saturated heterocycles. The van der Waals surface area contributed by atoms with Crippen LogP contribution in [0.1, 0.15) is 25.0 Å². The smallest absolute Gasteiger partial charge is 0.226 e. The molecule has 0 aliphatic carbocycles. The van der Waals surface area contributed by atoms with Gasteiger partial charge in [-0.3, -0.25) is 4.90 Å². The quantitative estimate of drug-likeness (QED) is 0.855. The van der Waals surface area contributed by atoms with Gasteiger partial charge in [0.1, 0.15) is 5.76 Å². The van der Waals surface area contributed by atoms with Gasteiger partial charge >= 0.3 is 0 Å². The molecule has 0 amide bonds. The molecule has 5 nitrogen and oxygen atoms in total. The maximum absolute atomic E-state index is 11.9. The highest BCUT2D eigenvalue weighted by Crippen LogP contribution is 2.40. The van der Waals surface area contributed by atoms with Crippen molar-refractivity contribution in [1.29, 1.82) is 0 Å². The van der Waals surface area contributed by atoms with Crippen LogP contribution < -0.4 is 0 Å². The van der Waals surface area contributed by atoms with Crippen LogP contribution in [0, 0.1) is 5.41 Å². The molecule has 0 radical (unpaired) electrons. The third-order valence-corrected chi connectivity index (χ3v) is 7.04. The predicted octanol–water partition coefficient (Wildman–Crippen LogP) is 2.74. The van der Waals surface area contributed by atoms with Gasteiger partial charge in [-0.25, -0.2) is 13.4 Å². The minimum absolute atomic E-state index is 0.0423. The van der Waals surface area contributed by atoms with E-state index < -0.39 is 9.84 Å². The molecule has 1 spiro atoms. The summed E-state index contributed by atoms with van der Waals surface area (Å²) < 4.78 is 29.7. The second-order valence-electron chi connectivity index (χ2n) is 7.15. The number of piperidine rings is 1. The third-order valence-electron chi connectivity index (χ3n) is 5.16. The van der Waals surface area contributed by atoms with Crippen LogP contribution in [0.15, 0.2) is 40.9 Å². The van der Waals surface area contributed by atoms with E-state index in [1.807, 2.05) is 30.3 Å². The van der Waals surface area contributed by atoms with Gasteiger partial charge in [-0.2, -0.15) is 0 Å². The number of sulfone groups is 1. The molecule has 1 aromatic carbocycles. The fourth-order valence-electron chi connectivity index (χ4n) is 4.06. The summed E-state index contributed by atoms with van der Waals surface area (Å²) >= 11 is 0. The Bertz CT molecular complexity index is 816. The Morgan fingerprint density at radius 2 is 2.04 bits per heavy atom. The Labute approximate surface area is 142 Å². The lowest BCUT2D eigenvalue weighted by molar-refractivity contribution is 0.0965. The molecule has 2 aliphatic heterocycles. The Hall–Kier alpha value is -1.66. The van der Waals surface area contributed by atoms with E-state index in [0.717, 1.165) is 43.7 Å². The summed E-state index contributed by atoms with van der Waals surface area (Å²) in [6.07, 6.45) is 4.66. The zero-order valence-corrected chi connectivity index (χ0v) is 14.5. The highest BCUT2D eigenvalue weighted by molar-refractivity contribution is 7.91. The largest absolute Gasteiger partial charge is 0.440 e. The fraction of sp³-hybridized carbons (Fsp3) is 0.500. The normalized spacial score (nSPS) is 26.8. The van der Waals surface area contributed by atoms with Crippen molar-refractivity contribution in [2.75, 3.05) is 24.6 Å². The van der Waals surface area contributed by atoms with Gasteiger partial charge in [-0.1, -0.05) is 18.2 Å². The minimum Gasteiger partial charge on any atom is -0.440 e. The van der Waals surface area contributed by atoms with Gasteiger partial charge in [0, 0.05) is 12.1 Å². The summed E-state index contributed by atoms with van der Waals surface area (Å²) in [6, 6.07) is 9.86. The Balaban J connectivity index is 1.45. The first-order valence-electron chi connectivity index (χ1n) is 8.47. The minimum atomic E-state index is -2.84. The van der Waals surface area contributed by atoms with Crippen molar-refractivity contribution in [2.24, 2.45) is 5.41 Å². The first kappa shape index (κ1) is 15.8. The highest BCUT2D eigenvalue weighted by atomic mass is 32.2. The van der Waals surface area contributed by atoms with E-state index in [2.05, 4.69) is 9.88 Å². The lowest BCUT2D eigenvalue weighted by Crippen LogP contribution is -2.43. The standard InChI is InChI=1S/C18H22N2O3S/c21-24(22)10-8-18(14-24)7-4-9-20(13-18)12-16-11-19-17(23-16)15-5-2-1-3-6-15/h1-3,5-6,11H,4,7-10,12-14H2. The van der Waals surface area contributed by atoms with Crippen molar-refractivity contribution in [2.45, 2.75) is 25.8 Å². The van der Waals surface area contributed by atoms with Gasteiger partial charge in [0.2, 0.25) is 5.89 Å². The summed E-state index contributed by atoms with van der Waals surface area (Å²) in [5.74, 6) is 2.18. The lowest BCUT2D eigenvalue weighted by Gasteiger charge is -2.39. The zero-order valence-electron chi connectivity index (χ0n) is 13.6. The number of nitrogens with zero attached hydrogens (tertiary/aromatic N) is 2. The summed E-state index contributed by atoms with van der Waals surface area (Å²) in [5.41, 5.74) is 0.931. The summed E-state index contributed by atoms with van der Waals surface area (Å²) in [7, 11) is -2.84. The average Bonchev–Trinajstić information content (AvgIpc) is 3.13. The van der Waals surface area contributed by atoms with Crippen LogP contribution in [0.4, 0.5) is 0 Å². The monoisotopic (exact) mass is 346 g/mol. The molecule has 1 unspecified atom stereocenters. The van der Waals surface area contributed by atoms with Gasteiger partial charge in [-0.05, 0) is 43.4 Å². The van der Waals surface area contributed by atoms with Gasteiger partial charge in [0.15, 0.2) is 9.84 Å². The molecule has 0 bridgehead atoms. The van der Waals surface area contributed by atoms with E-state index in [1.165, 1.54) is 0 Å². The Kier molecular flexibility index (Phi) is 3.96. The molecule has 6 heteroatoms. The number of hydrogen-bond acceptors (Lipinski definition) is 5. The molecule has 0 saturated carbocycles. The van der Waals surface area contributed by atoms with E-state index in [1.54, 1.807) is 6.20 Å². The SMILES string of the molecule is O=S1(=O)CCC2(CCCN(Cc3cnc(-c4ccccc4)o3)C2)C1. The molecule has 128 valence electrons. The summed E-state index contributed by atoms with van der Waals surface area (Å²) in [5, 5.41) is 0. The van der Waals surface area contributed by atoms with Crippen molar-refractivity contribution in [3.05, 3.63) is 42.3 Å². The number of oxazole rings is 1. The molecule has 1 atom stereocenters. The first-order chi connectivity index (χ1) is 11.5. The predicted molar refractivity (Wildman–Crippen MR) is 92.2 cm³/mol. The van der Waals surface area contributed by atoms with Gasteiger partial charge < -0.3 is 4.42 Å². The number of likely N-dealkylation sites (tertiary alicyclic amines) is 1. The van der Waals surface area contributed by atoms with Crippen LogP contribution in [0.5, 0.6) is 0 Å². The van der Waals surface area contributed by atoms with E-state index in [4.69, 9.17) is 4.42 Å². The molecule has 24 heavy (non-hydrogen) atoms. The van der Waals surface area contributed by atoms with E-state index in [0.29, 0.717) is 23.9 Å². The molecule has 1 aromatic heterocycles. The molecule has 3 heterocycles. The van der Waals surface area contributed by atoms with Crippen molar-refractivity contribution in [3.63, 3.8) is 0 Å². The molecule has 2 fully saturated rings. The maximum Gasteiger partial charge on any atom is 0.226 e. The Morgan fingerprint density at radius 3 is 2.79 bits per heavy atom. The average molecular weight is 346 g/mol. The number of hydrogen-bond donors (Lipinski definition) is 0. The van der Waals surface area contributed by atoms with Crippen molar-refractivity contribution in [1.82, 2.24) is 9.88 Å². The van der Waals surface area contributed by atoms with Crippen molar-refractivity contribution >= 4 is 9.84 Å². The van der Waals surface area contributed by atoms with Gasteiger partial charge in [-0.15, -0.1) is 0 Å². The molecule has 0 N–H and O–H groups in total. The third kappa shape index (κ3) is 3.26. The molecular weight excluding hydrogens is 324 g/mol. The van der Waals surface area contributed by atoms with Crippen LogP contribution in [0.25, 0.3) is 11.5 Å². The number of benzene rings is 1. The van der Waals surface area contributed by atoms with Crippen molar-refractivity contribution < 1.29 is 12.8 Å². The Morgan fingerprint density at radius 1 is 1.21 bits per heavy atom. The summed E-state index contributed by atoms with van der Waals surface area (Å²) in [4.78, 5) is 6.69. The first-order valence-corrected chi connectivity index (χ1v) is 10.3.